The molecule has 0 atom stereocenters. The lowest BCUT2D eigenvalue weighted by Gasteiger charge is -2.16. The summed E-state index contributed by atoms with van der Waals surface area (Å²) in [5.41, 5.74) is 1.40. The van der Waals surface area contributed by atoms with Crippen LogP contribution in [0.1, 0.15) is 24.5 Å². The standard InChI is InChI=1S/C20H22N2O4S/c1-4-11-21-18-15-7-5-6-8-16(15)26-20(23)19(18)22-27(24,25)17-12-13(2)9-10-14(17)3/h5-10,12,21-22H,4,11H2,1-3H3. The van der Waals surface area contributed by atoms with Crippen LogP contribution in [0.3, 0.4) is 0 Å². The normalized spacial score (nSPS) is 11.5. The van der Waals surface area contributed by atoms with Gasteiger partial charge in [-0.15, -0.1) is 0 Å². The summed E-state index contributed by atoms with van der Waals surface area (Å²) < 4.78 is 33.7. The summed E-state index contributed by atoms with van der Waals surface area (Å²) in [6, 6.07) is 12.2. The van der Waals surface area contributed by atoms with E-state index in [9.17, 15) is 13.2 Å². The number of nitrogens with one attached hydrogen (secondary N) is 2. The molecule has 0 saturated carbocycles. The van der Waals surface area contributed by atoms with Crippen LogP contribution in [0.2, 0.25) is 0 Å². The van der Waals surface area contributed by atoms with Crippen molar-refractivity contribution in [1.82, 2.24) is 0 Å². The number of aryl methyl sites for hydroxylation is 2. The highest BCUT2D eigenvalue weighted by Crippen LogP contribution is 2.30. The summed E-state index contributed by atoms with van der Waals surface area (Å²) in [7, 11) is -3.96. The Labute approximate surface area is 158 Å². The van der Waals surface area contributed by atoms with Crippen LogP contribution in [0.25, 0.3) is 11.0 Å². The van der Waals surface area contributed by atoms with Crippen LogP contribution in [-0.4, -0.2) is 15.0 Å². The molecule has 6 nitrogen and oxygen atoms in total. The molecule has 0 aliphatic heterocycles. The lowest BCUT2D eigenvalue weighted by Crippen LogP contribution is -2.21. The monoisotopic (exact) mass is 386 g/mol. The average Bonchev–Trinajstić information content (AvgIpc) is 2.63. The third-order valence-corrected chi connectivity index (χ3v) is 5.73. The zero-order valence-corrected chi connectivity index (χ0v) is 16.3. The Balaban J connectivity index is 2.17. The van der Waals surface area contributed by atoms with Gasteiger partial charge in [0.2, 0.25) is 0 Å². The first-order valence-electron chi connectivity index (χ1n) is 8.73. The van der Waals surface area contributed by atoms with Gasteiger partial charge in [0.25, 0.3) is 10.0 Å². The smallest absolute Gasteiger partial charge is 0.363 e. The van der Waals surface area contributed by atoms with Crippen molar-refractivity contribution in [2.45, 2.75) is 32.1 Å². The summed E-state index contributed by atoms with van der Waals surface area (Å²) in [5.74, 6) is 0. The highest BCUT2D eigenvalue weighted by molar-refractivity contribution is 7.92. The third-order valence-electron chi connectivity index (χ3n) is 4.23. The van der Waals surface area contributed by atoms with E-state index in [-0.39, 0.29) is 10.6 Å². The molecule has 0 spiro atoms. The second kappa shape index (κ2) is 7.44. The van der Waals surface area contributed by atoms with Gasteiger partial charge < -0.3 is 9.73 Å². The quantitative estimate of drug-likeness (QED) is 0.625. The molecular formula is C20H22N2O4S. The van der Waals surface area contributed by atoms with E-state index in [2.05, 4.69) is 10.0 Å². The van der Waals surface area contributed by atoms with Crippen molar-refractivity contribution in [3.63, 3.8) is 0 Å². The molecule has 0 bridgehead atoms. The molecule has 0 fully saturated rings. The molecule has 0 saturated heterocycles. The van der Waals surface area contributed by atoms with Crippen LogP contribution in [0.4, 0.5) is 11.4 Å². The van der Waals surface area contributed by atoms with Crippen LogP contribution in [0, 0.1) is 13.8 Å². The van der Waals surface area contributed by atoms with Crippen molar-refractivity contribution < 1.29 is 12.8 Å². The molecule has 142 valence electrons. The minimum atomic E-state index is -3.96. The zero-order valence-electron chi connectivity index (χ0n) is 15.5. The number of para-hydroxylation sites is 1. The Kier molecular flexibility index (Phi) is 5.23. The fourth-order valence-electron chi connectivity index (χ4n) is 2.86. The molecule has 27 heavy (non-hydrogen) atoms. The SMILES string of the molecule is CCCNc1c(NS(=O)(=O)c2cc(C)ccc2C)c(=O)oc2ccccc12. The third kappa shape index (κ3) is 3.83. The van der Waals surface area contributed by atoms with Gasteiger partial charge in [0.15, 0.2) is 5.69 Å². The molecule has 3 rings (SSSR count). The Bertz CT molecular complexity index is 1150. The van der Waals surface area contributed by atoms with E-state index in [1.807, 2.05) is 26.0 Å². The highest BCUT2D eigenvalue weighted by Gasteiger charge is 2.23. The van der Waals surface area contributed by atoms with Gasteiger partial charge in [-0.1, -0.05) is 31.2 Å². The average molecular weight is 386 g/mol. The molecule has 1 aromatic heterocycles. The van der Waals surface area contributed by atoms with Gasteiger partial charge >= 0.3 is 5.63 Å². The van der Waals surface area contributed by atoms with Crippen LogP contribution < -0.4 is 15.7 Å². The molecule has 3 aromatic rings. The highest BCUT2D eigenvalue weighted by atomic mass is 32.2. The van der Waals surface area contributed by atoms with Gasteiger partial charge in [0.1, 0.15) is 5.58 Å². The number of hydrogen-bond donors (Lipinski definition) is 2. The second-order valence-corrected chi connectivity index (χ2v) is 8.09. The van der Waals surface area contributed by atoms with Gasteiger partial charge in [-0.25, -0.2) is 13.2 Å². The lowest BCUT2D eigenvalue weighted by atomic mass is 10.2. The lowest BCUT2D eigenvalue weighted by molar-refractivity contribution is 0.563. The van der Waals surface area contributed by atoms with Gasteiger partial charge in [0, 0.05) is 11.9 Å². The second-order valence-electron chi connectivity index (χ2n) is 6.44. The summed E-state index contributed by atoms with van der Waals surface area (Å²) >= 11 is 0. The largest absolute Gasteiger partial charge is 0.421 e. The van der Waals surface area contributed by atoms with Crippen LogP contribution >= 0.6 is 0 Å². The van der Waals surface area contributed by atoms with Crippen molar-refractivity contribution in [3.05, 3.63) is 64.0 Å². The summed E-state index contributed by atoms with van der Waals surface area (Å²) in [4.78, 5) is 12.7. The molecule has 0 radical (unpaired) electrons. The maximum Gasteiger partial charge on any atom is 0.363 e. The van der Waals surface area contributed by atoms with E-state index in [0.29, 0.717) is 28.8 Å². The molecule has 0 unspecified atom stereocenters. The number of sulfonamides is 1. The fourth-order valence-corrected chi connectivity index (χ4v) is 4.26. The number of anilines is 2. The Morgan fingerprint density at radius 3 is 2.52 bits per heavy atom. The first-order chi connectivity index (χ1) is 12.8. The molecule has 1 heterocycles. The van der Waals surface area contributed by atoms with Crippen LogP contribution in [0.5, 0.6) is 0 Å². The van der Waals surface area contributed by atoms with Gasteiger partial charge in [0.05, 0.1) is 10.6 Å². The van der Waals surface area contributed by atoms with E-state index >= 15 is 0 Å². The Morgan fingerprint density at radius 1 is 1.04 bits per heavy atom. The minimum absolute atomic E-state index is 0.108. The maximum atomic E-state index is 13.0. The number of hydrogen-bond acceptors (Lipinski definition) is 5. The van der Waals surface area contributed by atoms with Crippen LogP contribution in [0.15, 0.2) is 56.6 Å². The summed E-state index contributed by atoms with van der Waals surface area (Å²) in [6.07, 6.45) is 0.817. The summed E-state index contributed by atoms with van der Waals surface area (Å²) in [6.45, 7) is 6.11. The van der Waals surface area contributed by atoms with E-state index in [0.717, 1.165) is 12.0 Å². The Morgan fingerprint density at radius 2 is 1.78 bits per heavy atom. The molecule has 0 aliphatic carbocycles. The molecule has 7 heteroatoms. The van der Waals surface area contributed by atoms with Gasteiger partial charge in [-0.05, 0) is 49.6 Å². The molecular weight excluding hydrogens is 364 g/mol. The molecule has 2 N–H and O–H groups in total. The van der Waals surface area contributed by atoms with Crippen molar-refractivity contribution in [2.75, 3.05) is 16.6 Å². The van der Waals surface area contributed by atoms with Gasteiger partial charge in [-0.2, -0.15) is 0 Å². The van der Waals surface area contributed by atoms with Crippen molar-refractivity contribution >= 4 is 32.4 Å². The zero-order chi connectivity index (χ0) is 19.6. The van der Waals surface area contributed by atoms with Crippen LogP contribution in [-0.2, 0) is 10.0 Å². The predicted molar refractivity (Wildman–Crippen MR) is 108 cm³/mol. The van der Waals surface area contributed by atoms with Crippen molar-refractivity contribution in [1.29, 1.82) is 0 Å². The summed E-state index contributed by atoms with van der Waals surface area (Å²) in [5, 5.41) is 3.80. The number of fused-ring (bicyclic) bond motifs is 1. The molecule has 2 aromatic carbocycles. The van der Waals surface area contributed by atoms with Crippen molar-refractivity contribution in [2.24, 2.45) is 0 Å². The van der Waals surface area contributed by atoms with E-state index in [1.54, 1.807) is 37.3 Å². The van der Waals surface area contributed by atoms with Crippen molar-refractivity contribution in [3.8, 4) is 0 Å². The van der Waals surface area contributed by atoms with Gasteiger partial charge in [-0.3, -0.25) is 4.72 Å². The topological polar surface area (TPSA) is 88.4 Å². The molecule has 0 aliphatic rings. The molecule has 0 amide bonds. The predicted octanol–water partition coefficient (Wildman–Crippen LogP) is 4.03. The minimum Gasteiger partial charge on any atom is -0.421 e. The first kappa shape index (κ1) is 19.0. The van der Waals surface area contributed by atoms with E-state index < -0.39 is 15.6 Å². The number of benzene rings is 2. The Hall–Kier alpha value is -2.80. The fraction of sp³-hybridized carbons (Fsp3) is 0.250. The van der Waals surface area contributed by atoms with E-state index in [4.69, 9.17) is 4.42 Å². The maximum absolute atomic E-state index is 13.0. The first-order valence-corrected chi connectivity index (χ1v) is 10.2. The van der Waals surface area contributed by atoms with E-state index in [1.165, 1.54) is 0 Å². The number of rotatable bonds is 6.